The zero-order valence-electron chi connectivity index (χ0n) is 10.1. The number of amides is 1. The van der Waals surface area contributed by atoms with E-state index in [-0.39, 0.29) is 19.1 Å². The smallest absolute Gasteiger partial charge is 0.239 e. The maximum absolute atomic E-state index is 11.6. The average molecular weight is 286 g/mol. The van der Waals surface area contributed by atoms with Gasteiger partial charge in [0.2, 0.25) is 12.7 Å². The van der Waals surface area contributed by atoms with Crippen LogP contribution in [0.15, 0.2) is 18.2 Å². The van der Waals surface area contributed by atoms with Gasteiger partial charge in [-0.25, -0.2) is 8.42 Å². The Hall–Kier alpha value is -1.80. The third-order valence-electron chi connectivity index (χ3n) is 2.44. The molecule has 1 amide bonds. The highest BCUT2D eigenvalue weighted by Crippen LogP contribution is 2.34. The topological polar surface area (TPSA) is 108 Å². The van der Waals surface area contributed by atoms with E-state index < -0.39 is 21.5 Å². The number of rotatable bonds is 5. The molecule has 104 valence electrons. The molecule has 0 aliphatic carbocycles. The molecular formula is C11H14N2O5S. The van der Waals surface area contributed by atoms with Crippen LogP contribution in [0.5, 0.6) is 11.5 Å². The molecule has 1 aromatic carbocycles. The molecule has 0 radical (unpaired) electrons. The molecule has 1 aliphatic rings. The van der Waals surface area contributed by atoms with Crippen molar-refractivity contribution in [2.75, 3.05) is 30.2 Å². The summed E-state index contributed by atoms with van der Waals surface area (Å²) in [4.78, 5) is 11.6. The lowest BCUT2D eigenvalue weighted by atomic mass is 10.3. The number of hydrogen-bond acceptors (Lipinski definition) is 6. The van der Waals surface area contributed by atoms with Crippen LogP contribution in [0.3, 0.4) is 0 Å². The zero-order chi connectivity index (χ0) is 13.9. The number of anilines is 1. The van der Waals surface area contributed by atoms with Crippen molar-refractivity contribution in [3.8, 4) is 11.5 Å². The van der Waals surface area contributed by atoms with Crippen LogP contribution in [0.2, 0.25) is 0 Å². The van der Waals surface area contributed by atoms with Crippen molar-refractivity contribution in [3.05, 3.63) is 18.2 Å². The number of benzene rings is 1. The lowest BCUT2D eigenvalue weighted by Crippen LogP contribution is -2.27. The molecule has 0 fully saturated rings. The highest BCUT2D eigenvalue weighted by atomic mass is 32.2. The maximum Gasteiger partial charge on any atom is 0.239 e. The molecule has 3 N–H and O–H groups in total. The van der Waals surface area contributed by atoms with Gasteiger partial charge >= 0.3 is 0 Å². The SMILES string of the molecule is NCCS(=O)(=O)CC(=O)Nc1ccc2c(c1)OCO2. The fraction of sp³-hybridized carbons (Fsp3) is 0.364. The van der Waals surface area contributed by atoms with Gasteiger partial charge in [0.1, 0.15) is 5.75 Å². The van der Waals surface area contributed by atoms with Crippen molar-refractivity contribution < 1.29 is 22.7 Å². The fourth-order valence-corrected chi connectivity index (χ4v) is 2.60. The van der Waals surface area contributed by atoms with E-state index in [4.69, 9.17) is 15.2 Å². The monoisotopic (exact) mass is 286 g/mol. The second-order valence-corrected chi connectivity index (χ2v) is 6.18. The summed E-state index contributed by atoms with van der Waals surface area (Å²) in [6.07, 6.45) is 0. The normalized spacial score (nSPS) is 13.3. The molecule has 7 nitrogen and oxygen atoms in total. The van der Waals surface area contributed by atoms with Crippen LogP contribution in [-0.2, 0) is 14.6 Å². The highest BCUT2D eigenvalue weighted by molar-refractivity contribution is 7.92. The molecule has 0 spiro atoms. The summed E-state index contributed by atoms with van der Waals surface area (Å²) >= 11 is 0. The van der Waals surface area contributed by atoms with E-state index >= 15 is 0 Å². The predicted octanol–water partition coefficient (Wildman–Crippen LogP) is -0.273. The first-order valence-corrected chi connectivity index (χ1v) is 7.42. The van der Waals surface area contributed by atoms with Gasteiger partial charge in [0.05, 0.1) is 5.75 Å². The van der Waals surface area contributed by atoms with Crippen LogP contribution in [-0.4, -0.2) is 39.2 Å². The Kier molecular flexibility index (Phi) is 3.91. The number of nitrogens with two attached hydrogens (primary N) is 1. The molecule has 1 aromatic rings. The number of sulfone groups is 1. The largest absolute Gasteiger partial charge is 0.454 e. The second-order valence-electron chi connectivity index (χ2n) is 4.00. The Labute approximate surface area is 110 Å². The first-order chi connectivity index (χ1) is 9.00. The Morgan fingerprint density at radius 1 is 1.32 bits per heavy atom. The number of nitrogens with one attached hydrogen (secondary N) is 1. The molecule has 0 bridgehead atoms. The van der Waals surface area contributed by atoms with Crippen LogP contribution in [0.4, 0.5) is 5.69 Å². The van der Waals surface area contributed by atoms with Crippen molar-refractivity contribution in [1.29, 1.82) is 0 Å². The van der Waals surface area contributed by atoms with Crippen molar-refractivity contribution in [1.82, 2.24) is 0 Å². The zero-order valence-corrected chi connectivity index (χ0v) is 10.9. The first-order valence-electron chi connectivity index (χ1n) is 5.60. The Balaban J connectivity index is 2.00. The Morgan fingerprint density at radius 2 is 2.05 bits per heavy atom. The van der Waals surface area contributed by atoms with Crippen molar-refractivity contribution in [3.63, 3.8) is 0 Å². The van der Waals surface area contributed by atoms with Gasteiger partial charge in [-0.3, -0.25) is 4.79 Å². The molecule has 1 aliphatic heterocycles. The lowest BCUT2D eigenvalue weighted by molar-refractivity contribution is -0.113. The van der Waals surface area contributed by atoms with Crippen molar-refractivity contribution in [2.45, 2.75) is 0 Å². The van der Waals surface area contributed by atoms with Crippen LogP contribution in [0, 0.1) is 0 Å². The Bertz CT molecular complexity index is 585. The molecule has 0 aromatic heterocycles. The van der Waals surface area contributed by atoms with Gasteiger partial charge in [-0.2, -0.15) is 0 Å². The van der Waals surface area contributed by atoms with Gasteiger partial charge in [-0.1, -0.05) is 0 Å². The van der Waals surface area contributed by atoms with E-state index in [0.717, 1.165) is 0 Å². The van der Waals surface area contributed by atoms with Gasteiger partial charge in [0.25, 0.3) is 0 Å². The summed E-state index contributed by atoms with van der Waals surface area (Å²) in [6, 6.07) is 4.84. The van der Waals surface area contributed by atoms with E-state index in [1.54, 1.807) is 18.2 Å². The van der Waals surface area contributed by atoms with Gasteiger partial charge in [-0.15, -0.1) is 0 Å². The molecule has 19 heavy (non-hydrogen) atoms. The summed E-state index contributed by atoms with van der Waals surface area (Å²) in [7, 11) is -3.46. The van der Waals surface area contributed by atoms with Gasteiger partial charge < -0.3 is 20.5 Å². The van der Waals surface area contributed by atoms with E-state index in [0.29, 0.717) is 17.2 Å². The fourth-order valence-electron chi connectivity index (χ4n) is 1.62. The summed E-state index contributed by atoms with van der Waals surface area (Å²) < 4.78 is 33.1. The molecular weight excluding hydrogens is 272 g/mol. The molecule has 1 heterocycles. The molecule has 0 saturated carbocycles. The van der Waals surface area contributed by atoms with Crippen LogP contribution in [0.25, 0.3) is 0 Å². The number of fused-ring (bicyclic) bond motifs is 1. The van der Waals surface area contributed by atoms with Gasteiger partial charge in [0, 0.05) is 18.3 Å². The third-order valence-corrected chi connectivity index (χ3v) is 4.00. The lowest BCUT2D eigenvalue weighted by Gasteiger charge is -2.06. The van der Waals surface area contributed by atoms with Crippen LogP contribution in [0.1, 0.15) is 0 Å². The minimum atomic E-state index is -3.46. The van der Waals surface area contributed by atoms with E-state index in [1.807, 2.05) is 0 Å². The highest BCUT2D eigenvalue weighted by Gasteiger charge is 2.17. The summed E-state index contributed by atoms with van der Waals surface area (Å²) in [5.41, 5.74) is 5.62. The van der Waals surface area contributed by atoms with Crippen LogP contribution < -0.4 is 20.5 Å². The maximum atomic E-state index is 11.6. The molecule has 2 rings (SSSR count). The molecule has 8 heteroatoms. The Morgan fingerprint density at radius 3 is 2.79 bits per heavy atom. The average Bonchev–Trinajstić information content (AvgIpc) is 2.74. The van der Waals surface area contributed by atoms with Crippen LogP contribution >= 0.6 is 0 Å². The standard InChI is InChI=1S/C11H14N2O5S/c12-3-4-19(15,16)6-11(14)13-8-1-2-9-10(5-8)18-7-17-9/h1-2,5H,3-4,6-7,12H2,(H,13,14). The second kappa shape index (κ2) is 5.45. The number of ether oxygens (including phenoxy) is 2. The number of carbonyl (C=O) groups excluding carboxylic acids is 1. The summed E-state index contributed by atoms with van der Waals surface area (Å²) in [6.45, 7) is 0.136. The first kappa shape index (κ1) is 13.6. The van der Waals surface area contributed by atoms with Gasteiger partial charge in [0.15, 0.2) is 21.3 Å². The predicted molar refractivity (Wildman–Crippen MR) is 68.9 cm³/mol. The number of carbonyl (C=O) groups is 1. The van der Waals surface area contributed by atoms with E-state index in [1.165, 1.54) is 0 Å². The quantitative estimate of drug-likeness (QED) is 0.771. The van der Waals surface area contributed by atoms with Crippen molar-refractivity contribution >= 4 is 21.4 Å². The van der Waals surface area contributed by atoms with E-state index in [9.17, 15) is 13.2 Å². The molecule has 0 unspecified atom stereocenters. The number of hydrogen-bond donors (Lipinski definition) is 2. The molecule has 0 atom stereocenters. The summed E-state index contributed by atoms with van der Waals surface area (Å²) in [5.74, 6) is -0.288. The van der Waals surface area contributed by atoms with Gasteiger partial charge in [-0.05, 0) is 12.1 Å². The van der Waals surface area contributed by atoms with Crippen molar-refractivity contribution in [2.24, 2.45) is 5.73 Å². The van der Waals surface area contributed by atoms with E-state index in [2.05, 4.69) is 5.32 Å². The minimum absolute atomic E-state index is 0.000360. The molecule has 0 saturated heterocycles. The third kappa shape index (κ3) is 3.58. The summed E-state index contributed by atoms with van der Waals surface area (Å²) in [5, 5.41) is 2.49. The minimum Gasteiger partial charge on any atom is -0.454 e.